The van der Waals surface area contributed by atoms with E-state index in [2.05, 4.69) is 41.2 Å². The molecule has 39 heavy (non-hydrogen) atoms. The van der Waals surface area contributed by atoms with Crippen molar-refractivity contribution in [2.75, 3.05) is 18.5 Å². The number of thiazole rings is 1. The Bertz CT molecular complexity index is 1340. The number of nitrogens with one attached hydrogen (secondary N) is 2. The Morgan fingerprint density at radius 2 is 1.62 bits per heavy atom. The zero-order valence-electron chi connectivity index (χ0n) is 19.0. The van der Waals surface area contributed by atoms with Gasteiger partial charge in [-0.1, -0.05) is 0 Å². The molecule has 210 valence electrons. The summed E-state index contributed by atoms with van der Waals surface area (Å²) >= 11 is 4.98. The predicted octanol–water partition coefficient (Wildman–Crippen LogP) is 5.60. The fraction of sp³-hybridized carbons (Fsp3) is 0.190. The molecular formula is C21H16BrF6N5O5S. The van der Waals surface area contributed by atoms with Gasteiger partial charge < -0.3 is 25.3 Å². The van der Waals surface area contributed by atoms with Crippen LogP contribution < -0.4 is 10.1 Å². The van der Waals surface area contributed by atoms with E-state index >= 15 is 0 Å². The van der Waals surface area contributed by atoms with Crippen LogP contribution >= 0.6 is 27.3 Å². The molecule has 0 saturated carbocycles. The standard InChI is InChI=1S/C17H14BrN5OS.2C2HF3O2/c18-12-9-14-16(21-10-12)23-15(22-14)11-1-3-13(4-2-11)24-7-5-19-17-20-6-8-25-17;2*3-2(4,5)1(6)7/h1-4,6,8-10H,5,7H2,(H,19,20)(H,21,22,23);2*(H,6,7). The lowest BCUT2D eigenvalue weighted by Crippen LogP contribution is -2.21. The molecule has 0 aliphatic carbocycles. The predicted molar refractivity (Wildman–Crippen MR) is 131 cm³/mol. The summed E-state index contributed by atoms with van der Waals surface area (Å²) in [7, 11) is 0. The maximum absolute atomic E-state index is 10.6. The molecule has 18 heteroatoms. The SMILES string of the molecule is Brc1cnc2[nH]c(-c3ccc(OCCNc4nccs4)cc3)nc2c1.O=C(O)C(F)(F)F.O=C(O)C(F)(F)F. The molecule has 4 rings (SSSR count). The number of imidazole rings is 1. The quantitative estimate of drug-likeness (QED) is 0.155. The van der Waals surface area contributed by atoms with Crippen LogP contribution in [0.3, 0.4) is 0 Å². The molecule has 0 aliphatic heterocycles. The molecule has 4 aromatic rings. The third-order valence-corrected chi connectivity index (χ3v) is 5.16. The highest BCUT2D eigenvalue weighted by atomic mass is 79.9. The van der Waals surface area contributed by atoms with E-state index in [0.717, 1.165) is 37.9 Å². The normalized spacial score (nSPS) is 11.1. The number of anilines is 1. The van der Waals surface area contributed by atoms with Crippen LogP contribution in [0.25, 0.3) is 22.6 Å². The van der Waals surface area contributed by atoms with Gasteiger partial charge in [-0.25, -0.2) is 24.5 Å². The van der Waals surface area contributed by atoms with Gasteiger partial charge in [0.15, 0.2) is 10.8 Å². The summed E-state index contributed by atoms with van der Waals surface area (Å²) in [5.74, 6) is -3.90. The molecule has 0 saturated heterocycles. The maximum Gasteiger partial charge on any atom is 0.490 e. The Morgan fingerprint density at radius 1 is 1.03 bits per heavy atom. The van der Waals surface area contributed by atoms with Gasteiger partial charge in [0.05, 0.1) is 6.54 Å². The summed E-state index contributed by atoms with van der Waals surface area (Å²) in [6.07, 6.45) is -6.64. The number of aromatic amines is 1. The first-order valence-electron chi connectivity index (χ1n) is 10.1. The van der Waals surface area contributed by atoms with Crippen LogP contribution in [0.4, 0.5) is 31.5 Å². The van der Waals surface area contributed by atoms with E-state index in [1.165, 1.54) is 0 Å². The molecule has 0 radical (unpaired) electrons. The summed E-state index contributed by atoms with van der Waals surface area (Å²) in [4.78, 5) is 34.1. The topological polar surface area (TPSA) is 150 Å². The number of carboxylic acid groups (broad SMARTS) is 2. The van der Waals surface area contributed by atoms with E-state index in [9.17, 15) is 26.3 Å². The van der Waals surface area contributed by atoms with Gasteiger partial charge in [-0.3, -0.25) is 0 Å². The number of pyridine rings is 1. The molecule has 0 atom stereocenters. The van der Waals surface area contributed by atoms with Crippen molar-refractivity contribution in [1.82, 2.24) is 19.9 Å². The van der Waals surface area contributed by atoms with E-state index < -0.39 is 24.3 Å². The number of ether oxygens (including phenoxy) is 1. The number of hydrogen-bond donors (Lipinski definition) is 4. The van der Waals surface area contributed by atoms with Crippen molar-refractivity contribution >= 4 is 55.5 Å². The van der Waals surface area contributed by atoms with Crippen molar-refractivity contribution in [3.63, 3.8) is 0 Å². The first-order chi connectivity index (χ1) is 18.2. The van der Waals surface area contributed by atoms with Crippen LogP contribution in [-0.4, -0.2) is 67.6 Å². The van der Waals surface area contributed by atoms with E-state index in [1.54, 1.807) is 23.7 Å². The number of rotatable bonds is 6. The lowest BCUT2D eigenvalue weighted by atomic mass is 10.2. The number of H-pyrrole nitrogens is 1. The van der Waals surface area contributed by atoms with E-state index in [1.807, 2.05) is 35.7 Å². The molecule has 4 N–H and O–H groups in total. The minimum absolute atomic E-state index is 0.571. The molecule has 3 aromatic heterocycles. The number of carbonyl (C=O) groups is 2. The zero-order chi connectivity index (χ0) is 29.2. The number of nitrogens with zero attached hydrogens (tertiary/aromatic N) is 3. The van der Waals surface area contributed by atoms with Crippen molar-refractivity contribution in [2.45, 2.75) is 12.4 Å². The Balaban J connectivity index is 0.000000317. The number of alkyl halides is 6. The van der Waals surface area contributed by atoms with Crippen LogP contribution in [0.2, 0.25) is 0 Å². The third-order valence-electron chi connectivity index (χ3n) is 4.00. The summed E-state index contributed by atoms with van der Waals surface area (Å²) in [6, 6.07) is 9.78. The monoisotopic (exact) mass is 643 g/mol. The molecule has 3 heterocycles. The van der Waals surface area contributed by atoms with Crippen LogP contribution in [-0.2, 0) is 9.59 Å². The highest BCUT2D eigenvalue weighted by Crippen LogP contribution is 2.23. The molecule has 0 bridgehead atoms. The van der Waals surface area contributed by atoms with Gasteiger partial charge in [0.25, 0.3) is 0 Å². The molecule has 0 aliphatic rings. The van der Waals surface area contributed by atoms with Gasteiger partial charge in [-0.15, -0.1) is 11.3 Å². The third kappa shape index (κ3) is 10.8. The van der Waals surface area contributed by atoms with Crippen LogP contribution in [0.1, 0.15) is 0 Å². The Morgan fingerprint density at radius 3 is 2.13 bits per heavy atom. The number of aliphatic carboxylic acids is 2. The van der Waals surface area contributed by atoms with E-state index in [4.69, 9.17) is 24.5 Å². The number of carboxylic acids is 2. The van der Waals surface area contributed by atoms with Crippen LogP contribution in [0.5, 0.6) is 5.75 Å². The molecule has 0 amide bonds. The number of benzene rings is 1. The average molecular weight is 644 g/mol. The van der Waals surface area contributed by atoms with Crippen molar-refractivity contribution in [3.05, 3.63) is 52.6 Å². The van der Waals surface area contributed by atoms with Gasteiger partial charge in [0.2, 0.25) is 0 Å². The average Bonchev–Trinajstić information content (AvgIpc) is 3.51. The van der Waals surface area contributed by atoms with Crippen molar-refractivity contribution in [2.24, 2.45) is 0 Å². The second-order valence-corrected chi connectivity index (χ2v) is 8.66. The minimum atomic E-state index is -5.08. The Kier molecular flexibility index (Phi) is 11.0. The number of hydrogen-bond acceptors (Lipinski definition) is 8. The fourth-order valence-corrected chi connectivity index (χ4v) is 3.23. The van der Waals surface area contributed by atoms with E-state index in [0.29, 0.717) is 13.2 Å². The first kappa shape index (κ1) is 31.3. The highest BCUT2D eigenvalue weighted by Gasteiger charge is 2.38. The van der Waals surface area contributed by atoms with Crippen molar-refractivity contribution < 1.29 is 50.9 Å². The molecule has 0 fully saturated rings. The van der Waals surface area contributed by atoms with Gasteiger partial charge in [0, 0.05) is 27.8 Å². The van der Waals surface area contributed by atoms with E-state index in [-0.39, 0.29) is 0 Å². The molecular weight excluding hydrogens is 628 g/mol. The van der Waals surface area contributed by atoms with Gasteiger partial charge >= 0.3 is 24.3 Å². The van der Waals surface area contributed by atoms with Crippen LogP contribution in [0, 0.1) is 0 Å². The minimum Gasteiger partial charge on any atom is -0.492 e. The molecule has 0 unspecified atom stereocenters. The second-order valence-electron chi connectivity index (χ2n) is 6.85. The first-order valence-corrected chi connectivity index (χ1v) is 11.8. The number of fused-ring (bicyclic) bond motifs is 1. The maximum atomic E-state index is 10.6. The summed E-state index contributed by atoms with van der Waals surface area (Å²) < 4.78 is 70.1. The van der Waals surface area contributed by atoms with Crippen molar-refractivity contribution in [3.8, 4) is 17.1 Å². The fourth-order valence-electron chi connectivity index (χ4n) is 2.35. The van der Waals surface area contributed by atoms with Gasteiger partial charge in [-0.05, 0) is 46.3 Å². The molecule has 10 nitrogen and oxygen atoms in total. The lowest BCUT2D eigenvalue weighted by Gasteiger charge is -2.07. The van der Waals surface area contributed by atoms with Crippen molar-refractivity contribution in [1.29, 1.82) is 0 Å². The van der Waals surface area contributed by atoms with Gasteiger partial charge in [0.1, 0.15) is 23.7 Å². The Labute approximate surface area is 226 Å². The molecule has 1 aromatic carbocycles. The zero-order valence-corrected chi connectivity index (χ0v) is 21.5. The number of aromatic nitrogens is 4. The van der Waals surface area contributed by atoms with Gasteiger partial charge in [-0.2, -0.15) is 26.3 Å². The van der Waals surface area contributed by atoms with Crippen LogP contribution in [0.15, 0.2) is 52.6 Å². The summed E-state index contributed by atoms with van der Waals surface area (Å²) in [6.45, 7) is 1.28. The summed E-state index contributed by atoms with van der Waals surface area (Å²) in [5.41, 5.74) is 2.59. The summed E-state index contributed by atoms with van der Waals surface area (Å²) in [5, 5.41) is 20.3. The Hall–Kier alpha value is -3.93. The smallest absolute Gasteiger partial charge is 0.490 e. The lowest BCUT2D eigenvalue weighted by molar-refractivity contribution is -0.193. The number of halogens is 7. The second kappa shape index (κ2) is 13.7. The molecule has 0 spiro atoms. The highest BCUT2D eigenvalue weighted by molar-refractivity contribution is 9.10. The largest absolute Gasteiger partial charge is 0.492 e.